The number of nitrogens with one attached hydrogen (secondary N) is 2. The minimum Gasteiger partial charge on any atom is -0.325 e. The molecule has 0 radical (unpaired) electrons. The van der Waals surface area contributed by atoms with E-state index in [1.807, 2.05) is 61.3 Å². The van der Waals surface area contributed by atoms with E-state index in [2.05, 4.69) is 29.6 Å². The third-order valence-corrected chi connectivity index (χ3v) is 3.59. The Morgan fingerprint density at radius 3 is 2.41 bits per heavy atom. The Morgan fingerprint density at radius 2 is 1.82 bits per heavy atom. The van der Waals surface area contributed by atoms with E-state index in [9.17, 15) is 4.79 Å². The standard InChI is InChI=1S/C17H24N4O/c1-12(2)21-11-15(10-18-21)13(3)19-14(4)17(22)20-16-8-6-5-7-9-16/h5-14,19H,1-4H3,(H,20,22). The van der Waals surface area contributed by atoms with E-state index in [-0.39, 0.29) is 18.0 Å². The molecule has 2 rings (SSSR count). The molecule has 2 aromatic rings. The van der Waals surface area contributed by atoms with Crippen LogP contribution >= 0.6 is 0 Å². The van der Waals surface area contributed by atoms with Crippen LogP contribution in [-0.2, 0) is 4.79 Å². The number of benzene rings is 1. The molecule has 0 aliphatic carbocycles. The fraction of sp³-hybridized carbons (Fsp3) is 0.412. The minimum atomic E-state index is -0.294. The van der Waals surface area contributed by atoms with Gasteiger partial charge < -0.3 is 5.32 Å². The third kappa shape index (κ3) is 4.18. The molecule has 0 saturated heterocycles. The van der Waals surface area contributed by atoms with Gasteiger partial charge in [0.25, 0.3) is 0 Å². The molecule has 0 fully saturated rings. The Morgan fingerprint density at radius 1 is 1.14 bits per heavy atom. The molecular formula is C17H24N4O. The Balaban J connectivity index is 1.92. The second-order valence-corrected chi connectivity index (χ2v) is 5.81. The molecule has 5 heteroatoms. The summed E-state index contributed by atoms with van der Waals surface area (Å²) in [6.07, 6.45) is 3.86. The summed E-state index contributed by atoms with van der Waals surface area (Å²) >= 11 is 0. The van der Waals surface area contributed by atoms with Crippen molar-refractivity contribution in [1.29, 1.82) is 0 Å². The Bertz CT molecular complexity index is 606. The Hall–Kier alpha value is -2.14. The quantitative estimate of drug-likeness (QED) is 0.861. The van der Waals surface area contributed by atoms with E-state index < -0.39 is 0 Å². The minimum absolute atomic E-state index is 0.0469. The molecule has 2 unspecified atom stereocenters. The summed E-state index contributed by atoms with van der Waals surface area (Å²) in [4.78, 5) is 12.2. The normalized spacial score (nSPS) is 13.9. The lowest BCUT2D eigenvalue weighted by molar-refractivity contribution is -0.117. The summed E-state index contributed by atoms with van der Waals surface area (Å²) in [6.45, 7) is 8.07. The van der Waals surface area contributed by atoms with Gasteiger partial charge in [0.1, 0.15) is 0 Å². The Labute approximate surface area is 131 Å². The van der Waals surface area contributed by atoms with Crippen molar-refractivity contribution >= 4 is 11.6 Å². The van der Waals surface area contributed by atoms with E-state index in [0.29, 0.717) is 6.04 Å². The number of aromatic nitrogens is 2. The van der Waals surface area contributed by atoms with Crippen LogP contribution in [0.2, 0.25) is 0 Å². The fourth-order valence-corrected chi connectivity index (χ4v) is 2.18. The maximum atomic E-state index is 12.2. The second-order valence-electron chi connectivity index (χ2n) is 5.81. The number of hydrogen-bond donors (Lipinski definition) is 2. The largest absolute Gasteiger partial charge is 0.325 e. The number of amides is 1. The van der Waals surface area contributed by atoms with E-state index in [0.717, 1.165) is 11.3 Å². The molecule has 118 valence electrons. The van der Waals surface area contributed by atoms with E-state index >= 15 is 0 Å². The Kier molecular flexibility index (Phi) is 5.33. The second kappa shape index (κ2) is 7.22. The first-order valence-electron chi connectivity index (χ1n) is 7.63. The van der Waals surface area contributed by atoms with Gasteiger partial charge in [0, 0.05) is 29.5 Å². The van der Waals surface area contributed by atoms with Gasteiger partial charge in [-0.3, -0.25) is 14.8 Å². The first-order valence-corrected chi connectivity index (χ1v) is 7.63. The van der Waals surface area contributed by atoms with Crippen LogP contribution in [0.4, 0.5) is 5.69 Å². The molecule has 0 bridgehead atoms. The zero-order chi connectivity index (χ0) is 16.1. The summed E-state index contributed by atoms with van der Waals surface area (Å²) < 4.78 is 1.92. The van der Waals surface area contributed by atoms with E-state index in [1.165, 1.54) is 0 Å². The van der Waals surface area contributed by atoms with Gasteiger partial charge >= 0.3 is 0 Å². The summed E-state index contributed by atoms with van der Waals surface area (Å²) in [5, 5.41) is 10.5. The third-order valence-electron chi connectivity index (χ3n) is 3.59. The average Bonchev–Trinajstić information content (AvgIpc) is 2.98. The topological polar surface area (TPSA) is 59.0 Å². The smallest absolute Gasteiger partial charge is 0.241 e. The van der Waals surface area contributed by atoms with Gasteiger partial charge in [-0.15, -0.1) is 0 Å². The molecule has 0 spiro atoms. The molecule has 2 atom stereocenters. The maximum Gasteiger partial charge on any atom is 0.241 e. The van der Waals surface area contributed by atoms with Crippen LogP contribution in [0, 0.1) is 0 Å². The van der Waals surface area contributed by atoms with Crippen LogP contribution < -0.4 is 10.6 Å². The van der Waals surface area contributed by atoms with E-state index in [1.54, 1.807) is 0 Å². The van der Waals surface area contributed by atoms with Crippen molar-refractivity contribution in [2.24, 2.45) is 0 Å². The highest BCUT2D eigenvalue weighted by Crippen LogP contribution is 2.15. The van der Waals surface area contributed by atoms with Gasteiger partial charge in [0.2, 0.25) is 5.91 Å². The van der Waals surface area contributed by atoms with Crippen LogP contribution in [0.5, 0.6) is 0 Å². The van der Waals surface area contributed by atoms with Gasteiger partial charge in [-0.05, 0) is 39.8 Å². The number of carbonyl (C=O) groups is 1. The van der Waals surface area contributed by atoms with Crippen molar-refractivity contribution < 1.29 is 4.79 Å². The van der Waals surface area contributed by atoms with Crippen molar-refractivity contribution in [3.63, 3.8) is 0 Å². The molecule has 0 saturated carbocycles. The van der Waals surface area contributed by atoms with Crippen LogP contribution in [0.15, 0.2) is 42.7 Å². The van der Waals surface area contributed by atoms with E-state index in [4.69, 9.17) is 0 Å². The lowest BCUT2D eigenvalue weighted by atomic mass is 10.1. The van der Waals surface area contributed by atoms with Gasteiger partial charge in [-0.25, -0.2) is 0 Å². The SMILES string of the molecule is CC(NC(C)c1cnn(C(C)C)c1)C(=O)Nc1ccccc1. The highest BCUT2D eigenvalue weighted by molar-refractivity contribution is 5.94. The highest BCUT2D eigenvalue weighted by Gasteiger charge is 2.17. The number of nitrogens with zero attached hydrogens (tertiary/aromatic N) is 2. The number of para-hydroxylation sites is 1. The summed E-state index contributed by atoms with van der Waals surface area (Å²) in [5.41, 5.74) is 1.88. The molecule has 2 N–H and O–H groups in total. The number of rotatable bonds is 6. The number of hydrogen-bond acceptors (Lipinski definition) is 3. The van der Waals surface area contributed by atoms with Crippen molar-refractivity contribution in [2.45, 2.75) is 45.8 Å². The predicted octanol–water partition coefficient (Wildman–Crippen LogP) is 3.14. The molecule has 1 aromatic heterocycles. The molecular weight excluding hydrogens is 276 g/mol. The van der Waals surface area contributed by atoms with Crippen LogP contribution in [0.25, 0.3) is 0 Å². The summed E-state index contributed by atoms with van der Waals surface area (Å²) in [5.74, 6) is -0.0469. The zero-order valence-corrected chi connectivity index (χ0v) is 13.6. The first kappa shape index (κ1) is 16.2. The maximum absolute atomic E-state index is 12.2. The summed E-state index contributed by atoms with van der Waals surface area (Å²) in [6, 6.07) is 9.57. The predicted molar refractivity (Wildman–Crippen MR) is 88.7 cm³/mol. The van der Waals surface area contributed by atoms with Crippen molar-refractivity contribution in [3.8, 4) is 0 Å². The van der Waals surface area contributed by atoms with Crippen LogP contribution in [0.3, 0.4) is 0 Å². The van der Waals surface area contributed by atoms with Gasteiger partial charge in [0.05, 0.1) is 12.2 Å². The monoisotopic (exact) mass is 300 g/mol. The van der Waals surface area contributed by atoms with Crippen molar-refractivity contribution in [2.75, 3.05) is 5.32 Å². The molecule has 1 aromatic carbocycles. The highest BCUT2D eigenvalue weighted by atomic mass is 16.2. The average molecular weight is 300 g/mol. The van der Waals surface area contributed by atoms with Crippen LogP contribution in [0.1, 0.15) is 45.3 Å². The molecule has 1 amide bonds. The molecule has 22 heavy (non-hydrogen) atoms. The molecule has 5 nitrogen and oxygen atoms in total. The van der Waals surface area contributed by atoms with Crippen molar-refractivity contribution in [3.05, 3.63) is 48.3 Å². The van der Waals surface area contributed by atoms with Crippen molar-refractivity contribution in [1.82, 2.24) is 15.1 Å². The molecule has 0 aliphatic rings. The lowest BCUT2D eigenvalue weighted by Crippen LogP contribution is -2.39. The van der Waals surface area contributed by atoms with Gasteiger partial charge in [-0.2, -0.15) is 5.10 Å². The molecule has 0 aliphatic heterocycles. The van der Waals surface area contributed by atoms with Crippen LogP contribution in [-0.4, -0.2) is 21.7 Å². The first-order chi connectivity index (χ1) is 10.5. The zero-order valence-electron chi connectivity index (χ0n) is 13.6. The van der Waals surface area contributed by atoms with Gasteiger partial charge in [0.15, 0.2) is 0 Å². The molecule has 1 heterocycles. The number of anilines is 1. The fourth-order valence-electron chi connectivity index (χ4n) is 2.18. The van der Waals surface area contributed by atoms with Gasteiger partial charge in [-0.1, -0.05) is 18.2 Å². The lowest BCUT2D eigenvalue weighted by Gasteiger charge is -2.18. The number of carbonyl (C=O) groups excluding carboxylic acids is 1. The summed E-state index contributed by atoms with van der Waals surface area (Å²) in [7, 11) is 0.